The van der Waals surface area contributed by atoms with Crippen molar-refractivity contribution in [2.75, 3.05) is 0 Å². The summed E-state index contributed by atoms with van der Waals surface area (Å²) >= 11 is 0. The summed E-state index contributed by atoms with van der Waals surface area (Å²) in [6.07, 6.45) is 3.70. The first kappa shape index (κ1) is 12.3. The summed E-state index contributed by atoms with van der Waals surface area (Å²) in [5.74, 6) is 0. The largest absolute Gasteiger partial charge is 0.354 e. The molecule has 0 bridgehead atoms. The van der Waals surface area contributed by atoms with Gasteiger partial charge in [0.15, 0.2) is 0 Å². The number of nitrogens with one attached hydrogen (secondary N) is 2. The molecule has 1 aromatic heterocycles. The lowest BCUT2D eigenvalue weighted by molar-refractivity contribution is 0.676. The summed E-state index contributed by atoms with van der Waals surface area (Å²) < 4.78 is 16.3. The molecule has 1 aliphatic rings. The Balaban J connectivity index is 1.92. The zero-order valence-electron chi connectivity index (χ0n) is 11.2. The zero-order valence-corrected chi connectivity index (χ0v) is 12.1. The monoisotopic (exact) mass is 294 g/mol. The molecule has 0 saturated carbocycles. The maximum atomic E-state index is 13.2. The fraction of sp³-hybridized carbons (Fsp3) is 0. The van der Waals surface area contributed by atoms with Crippen LogP contribution in [0.1, 0.15) is 11.3 Å². The molecule has 1 atom stereocenters. The van der Waals surface area contributed by atoms with Crippen molar-refractivity contribution >= 4 is 32.1 Å². The lowest BCUT2D eigenvalue weighted by atomic mass is 10.2. The van der Waals surface area contributed by atoms with Crippen LogP contribution in [-0.4, -0.2) is 14.6 Å². The standard InChI is InChI=1S/C17H14N2OS/c20-21(17-8-4-2-5-13(17)9-10-18-21)12-15-11-14-6-1-3-7-16(14)19-15/h1-12,19H,(H,18,20). The average Bonchev–Trinajstić information content (AvgIpc) is 2.89. The van der Waals surface area contributed by atoms with E-state index in [1.807, 2.05) is 60.7 Å². The van der Waals surface area contributed by atoms with E-state index in [4.69, 9.17) is 0 Å². The van der Waals surface area contributed by atoms with Gasteiger partial charge in [-0.15, -0.1) is 0 Å². The molecule has 104 valence electrons. The summed E-state index contributed by atoms with van der Waals surface area (Å²) in [6.45, 7) is 0. The second-order valence-electron chi connectivity index (χ2n) is 5.02. The second kappa shape index (κ2) is 4.53. The lowest BCUT2D eigenvalue weighted by Crippen LogP contribution is -2.24. The Morgan fingerprint density at radius 1 is 1.00 bits per heavy atom. The summed E-state index contributed by atoms with van der Waals surface area (Å²) in [5.41, 5.74) is 2.90. The van der Waals surface area contributed by atoms with Crippen molar-refractivity contribution in [3.63, 3.8) is 0 Å². The van der Waals surface area contributed by atoms with Crippen LogP contribution in [0.25, 0.3) is 17.0 Å². The number of hydrogen-bond acceptors (Lipinski definition) is 1. The third-order valence-corrected chi connectivity index (χ3v) is 5.69. The topological polar surface area (TPSA) is 44.9 Å². The normalized spacial score (nSPS) is 20.0. The quantitative estimate of drug-likeness (QED) is 0.665. The Hall–Kier alpha value is -2.46. The summed E-state index contributed by atoms with van der Waals surface area (Å²) in [7, 11) is -2.44. The van der Waals surface area contributed by atoms with E-state index in [2.05, 4.69) is 9.71 Å². The number of aromatic amines is 1. The first-order valence-electron chi connectivity index (χ1n) is 6.74. The first-order chi connectivity index (χ1) is 10.2. The molecule has 0 radical (unpaired) electrons. The molecule has 4 heteroatoms. The van der Waals surface area contributed by atoms with Crippen LogP contribution < -0.4 is 4.72 Å². The second-order valence-corrected chi connectivity index (χ2v) is 7.13. The third-order valence-electron chi connectivity index (χ3n) is 3.60. The molecule has 4 rings (SSSR count). The van der Waals surface area contributed by atoms with Gasteiger partial charge in [-0.2, -0.15) is 0 Å². The van der Waals surface area contributed by atoms with Crippen LogP contribution >= 0.6 is 0 Å². The minimum absolute atomic E-state index is 0.825. The van der Waals surface area contributed by atoms with Gasteiger partial charge in [-0.25, -0.2) is 4.21 Å². The Morgan fingerprint density at radius 3 is 2.71 bits per heavy atom. The highest BCUT2D eigenvalue weighted by Crippen LogP contribution is 2.22. The summed E-state index contributed by atoms with van der Waals surface area (Å²) in [5, 5.41) is 2.90. The highest BCUT2D eigenvalue weighted by molar-refractivity contribution is 8.00. The van der Waals surface area contributed by atoms with E-state index < -0.39 is 9.71 Å². The molecule has 0 saturated heterocycles. The average molecular weight is 294 g/mol. The van der Waals surface area contributed by atoms with Crippen molar-refractivity contribution in [3.05, 3.63) is 72.1 Å². The van der Waals surface area contributed by atoms with Crippen LogP contribution in [0.5, 0.6) is 0 Å². The van der Waals surface area contributed by atoms with E-state index in [0.717, 1.165) is 27.1 Å². The van der Waals surface area contributed by atoms with Crippen LogP contribution in [-0.2, 0) is 9.71 Å². The first-order valence-corrected chi connectivity index (χ1v) is 8.36. The van der Waals surface area contributed by atoms with E-state index in [1.54, 1.807) is 11.6 Å². The molecular weight excluding hydrogens is 280 g/mol. The SMILES string of the molecule is O=S1(=Cc2cc3ccccc3[nH]2)NC=Cc2ccccc21. The highest BCUT2D eigenvalue weighted by Gasteiger charge is 2.16. The number of para-hydroxylation sites is 1. The molecule has 0 fully saturated rings. The molecule has 3 nitrogen and oxygen atoms in total. The van der Waals surface area contributed by atoms with Crippen molar-refractivity contribution < 1.29 is 4.21 Å². The molecule has 2 heterocycles. The van der Waals surface area contributed by atoms with Gasteiger partial charge >= 0.3 is 0 Å². The van der Waals surface area contributed by atoms with Crippen molar-refractivity contribution in [2.24, 2.45) is 0 Å². The summed E-state index contributed by atoms with van der Waals surface area (Å²) in [6, 6.07) is 17.8. The van der Waals surface area contributed by atoms with Gasteiger partial charge in [0.05, 0.1) is 14.6 Å². The maximum absolute atomic E-state index is 13.2. The summed E-state index contributed by atoms with van der Waals surface area (Å²) in [4.78, 5) is 4.13. The van der Waals surface area contributed by atoms with Gasteiger partial charge in [0.1, 0.15) is 0 Å². The van der Waals surface area contributed by atoms with Gasteiger partial charge in [-0.3, -0.25) is 0 Å². The van der Waals surface area contributed by atoms with Crippen LogP contribution in [0.3, 0.4) is 0 Å². The van der Waals surface area contributed by atoms with Gasteiger partial charge in [-0.05, 0) is 29.8 Å². The zero-order chi connectivity index (χ0) is 14.3. The maximum Gasteiger partial charge on any atom is 0.0828 e. The number of rotatable bonds is 1. The van der Waals surface area contributed by atoms with Crippen molar-refractivity contribution in [1.82, 2.24) is 9.71 Å². The van der Waals surface area contributed by atoms with Crippen molar-refractivity contribution in [1.29, 1.82) is 0 Å². The smallest absolute Gasteiger partial charge is 0.0828 e. The molecule has 0 spiro atoms. The molecule has 21 heavy (non-hydrogen) atoms. The molecule has 2 N–H and O–H groups in total. The Bertz CT molecular complexity index is 942. The number of H-pyrrole nitrogens is 1. The van der Waals surface area contributed by atoms with E-state index in [0.29, 0.717) is 0 Å². The predicted octanol–water partition coefficient (Wildman–Crippen LogP) is 3.15. The number of fused-ring (bicyclic) bond motifs is 2. The number of aromatic nitrogens is 1. The minimum atomic E-state index is -2.44. The van der Waals surface area contributed by atoms with Crippen LogP contribution in [0.2, 0.25) is 0 Å². The Morgan fingerprint density at radius 2 is 1.81 bits per heavy atom. The Labute approximate surface area is 123 Å². The third kappa shape index (κ3) is 2.04. The molecule has 1 aliphatic heterocycles. The van der Waals surface area contributed by atoms with E-state index in [9.17, 15) is 4.21 Å². The van der Waals surface area contributed by atoms with E-state index in [-0.39, 0.29) is 0 Å². The highest BCUT2D eigenvalue weighted by atomic mass is 32.2. The van der Waals surface area contributed by atoms with Gasteiger partial charge in [0, 0.05) is 28.2 Å². The molecular formula is C17H14N2OS. The molecule has 2 aromatic carbocycles. The van der Waals surface area contributed by atoms with Gasteiger partial charge in [0.25, 0.3) is 0 Å². The molecule has 0 aliphatic carbocycles. The van der Waals surface area contributed by atoms with Gasteiger partial charge in [0.2, 0.25) is 0 Å². The van der Waals surface area contributed by atoms with Crippen molar-refractivity contribution in [3.8, 4) is 0 Å². The number of benzene rings is 2. The molecule has 3 aromatic rings. The van der Waals surface area contributed by atoms with Crippen LogP contribution in [0.4, 0.5) is 0 Å². The lowest BCUT2D eigenvalue weighted by Gasteiger charge is -2.18. The van der Waals surface area contributed by atoms with Crippen molar-refractivity contribution in [2.45, 2.75) is 4.90 Å². The Kier molecular flexibility index (Phi) is 2.65. The predicted molar refractivity (Wildman–Crippen MR) is 88.5 cm³/mol. The molecule has 0 amide bonds. The molecule has 1 unspecified atom stereocenters. The fourth-order valence-corrected chi connectivity index (χ4v) is 4.46. The van der Waals surface area contributed by atoms with Crippen LogP contribution in [0.15, 0.2) is 65.7 Å². The van der Waals surface area contributed by atoms with Gasteiger partial charge < -0.3 is 9.71 Å². The minimum Gasteiger partial charge on any atom is -0.354 e. The number of hydrogen-bond donors (Lipinski definition) is 2. The van der Waals surface area contributed by atoms with E-state index >= 15 is 0 Å². The van der Waals surface area contributed by atoms with Gasteiger partial charge in [-0.1, -0.05) is 36.4 Å². The van der Waals surface area contributed by atoms with E-state index in [1.165, 1.54) is 0 Å². The fourth-order valence-electron chi connectivity index (χ4n) is 2.62. The van der Waals surface area contributed by atoms with Crippen LogP contribution in [0, 0.1) is 0 Å².